The minimum Gasteiger partial charge on any atom is -0.447 e. The van der Waals surface area contributed by atoms with Crippen molar-refractivity contribution in [2.75, 3.05) is 49.1 Å². The maximum atomic E-state index is 14.6. The van der Waals surface area contributed by atoms with Gasteiger partial charge in [0, 0.05) is 32.4 Å². The molecule has 2 saturated heterocycles. The van der Waals surface area contributed by atoms with Gasteiger partial charge in [-0.25, -0.2) is 14.2 Å². The number of nitrogens with zero attached hydrogens (tertiary/aromatic N) is 4. The van der Waals surface area contributed by atoms with Gasteiger partial charge in [-0.15, -0.1) is 0 Å². The Labute approximate surface area is 176 Å². The Balaban J connectivity index is 1.43. The molecule has 0 aliphatic carbocycles. The number of ether oxygens (including phenoxy) is 1. The lowest BCUT2D eigenvalue weighted by Crippen LogP contribution is -2.49. The highest BCUT2D eigenvalue weighted by Gasteiger charge is 2.28. The van der Waals surface area contributed by atoms with Crippen LogP contribution in [0, 0.1) is 5.82 Å². The van der Waals surface area contributed by atoms with Crippen LogP contribution >= 0.6 is 23.2 Å². The fourth-order valence-corrected chi connectivity index (χ4v) is 3.90. The maximum absolute atomic E-state index is 14.6. The second-order valence-corrected chi connectivity index (χ2v) is 7.51. The molecule has 2 aromatic rings. The van der Waals surface area contributed by atoms with Crippen molar-refractivity contribution >= 4 is 46.7 Å². The monoisotopic (exact) mass is 438 g/mol. The first-order chi connectivity index (χ1) is 13.9. The quantitative estimate of drug-likeness (QED) is 0.733. The molecule has 0 bridgehead atoms. The lowest BCUT2D eigenvalue weighted by Gasteiger charge is -2.35. The predicted molar refractivity (Wildman–Crippen MR) is 107 cm³/mol. The number of carbonyl (C=O) groups excluding carboxylic acids is 2. The Morgan fingerprint density at radius 1 is 1.10 bits per heavy atom. The second-order valence-electron chi connectivity index (χ2n) is 6.67. The average molecular weight is 439 g/mol. The number of piperazine rings is 1. The smallest absolute Gasteiger partial charge is 0.414 e. The van der Waals surface area contributed by atoms with Crippen molar-refractivity contribution in [3.8, 4) is 0 Å². The van der Waals surface area contributed by atoms with Gasteiger partial charge in [0.1, 0.15) is 18.2 Å². The molecule has 1 aromatic carbocycles. The largest absolute Gasteiger partial charge is 0.447 e. The third kappa shape index (κ3) is 3.95. The Hall–Kier alpha value is -2.58. The van der Waals surface area contributed by atoms with E-state index in [2.05, 4.69) is 4.98 Å². The van der Waals surface area contributed by atoms with Crippen LogP contribution in [0.15, 0.2) is 30.5 Å². The van der Waals surface area contributed by atoms with Crippen molar-refractivity contribution in [3.63, 3.8) is 0 Å². The molecule has 10 heteroatoms. The fraction of sp³-hybridized carbons (Fsp3) is 0.316. The molecule has 2 aliphatic heterocycles. The van der Waals surface area contributed by atoms with Crippen molar-refractivity contribution < 1.29 is 18.7 Å². The number of hydrogen-bond donors (Lipinski definition) is 0. The molecule has 0 unspecified atom stereocenters. The molecule has 152 valence electrons. The molecule has 0 saturated carbocycles. The molecule has 2 amide bonds. The van der Waals surface area contributed by atoms with E-state index >= 15 is 0 Å². The minimum atomic E-state index is -0.669. The summed E-state index contributed by atoms with van der Waals surface area (Å²) in [4.78, 5) is 33.5. The zero-order chi connectivity index (χ0) is 20.5. The fourth-order valence-electron chi connectivity index (χ4n) is 3.41. The van der Waals surface area contributed by atoms with E-state index in [1.165, 1.54) is 23.2 Å². The van der Waals surface area contributed by atoms with Gasteiger partial charge in [0.2, 0.25) is 0 Å². The minimum absolute atomic E-state index is 0.0302. The zero-order valence-corrected chi connectivity index (χ0v) is 16.8. The first-order valence-corrected chi connectivity index (χ1v) is 9.79. The molecule has 2 aliphatic rings. The number of carbonyl (C=O) groups is 2. The molecule has 0 N–H and O–H groups in total. The molecule has 3 heterocycles. The van der Waals surface area contributed by atoms with Crippen LogP contribution in [-0.2, 0) is 4.74 Å². The number of anilines is 2. The van der Waals surface area contributed by atoms with Crippen LogP contribution in [0.4, 0.5) is 20.7 Å². The van der Waals surface area contributed by atoms with Crippen molar-refractivity contribution in [2.45, 2.75) is 0 Å². The lowest BCUT2D eigenvalue weighted by molar-refractivity contribution is 0.0742. The van der Waals surface area contributed by atoms with Gasteiger partial charge in [-0.2, -0.15) is 0 Å². The summed E-state index contributed by atoms with van der Waals surface area (Å²) >= 11 is 12.1. The summed E-state index contributed by atoms with van der Waals surface area (Å²) in [5.41, 5.74) is 0.340. The van der Waals surface area contributed by atoms with Gasteiger partial charge in [-0.3, -0.25) is 9.69 Å². The molecular weight excluding hydrogens is 422 g/mol. The number of halogens is 3. The normalized spacial score (nSPS) is 16.9. The van der Waals surface area contributed by atoms with Crippen molar-refractivity contribution in [2.24, 2.45) is 0 Å². The standard InChI is InChI=1S/C19H17Cl2FN4O3/c20-12-9-15(21)17(23-11-12)24-3-5-25(6-4-24)18(27)14-2-1-13(10-16(14)22)26-7-8-29-19(26)28/h1-2,9-11H,3-8H2. The molecular formula is C19H17Cl2FN4O3. The zero-order valence-electron chi connectivity index (χ0n) is 15.3. The summed E-state index contributed by atoms with van der Waals surface area (Å²) in [6.45, 7) is 2.45. The van der Waals surface area contributed by atoms with Crippen LogP contribution in [0.1, 0.15) is 10.4 Å². The second kappa shape index (κ2) is 8.04. The highest BCUT2D eigenvalue weighted by atomic mass is 35.5. The van der Waals surface area contributed by atoms with E-state index in [1.807, 2.05) is 4.90 Å². The molecule has 7 nitrogen and oxygen atoms in total. The van der Waals surface area contributed by atoms with Crippen LogP contribution in [0.25, 0.3) is 0 Å². The molecule has 2 fully saturated rings. The van der Waals surface area contributed by atoms with Crippen molar-refractivity contribution in [1.82, 2.24) is 9.88 Å². The summed E-state index contributed by atoms with van der Waals surface area (Å²) in [6, 6.07) is 5.77. The summed E-state index contributed by atoms with van der Waals surface area (Å²) in [5, 5.41) is 0.896. The van der Waals surface area contributed by atoms with E-state index < -0.39 is 17.8 Å². The van der Waals surface area contributed by atoms with Crippen LogP contribution in [0.3, 0.4) is 0 Å². The average Bonchev–Trinajstić information content (AvgIpc) is 3.13. The van der Waals surface area contributed by atoms with E-state index in [0.29, 0.717) is 54.3 Å². The Morgan fingerprint density at radius 2 is 1.86 bits per heavy atom. The van der Waals surface area contributed by atoms with Gasteiger partial charge in [0.15, 0.2) is 0 Å². The number of cyclic esters (lactones) is 1. The van der Waals surface area contributed by atoms with Gasteiger partial charge in [0.25, 0.3) is 5.91 Å². The van der Waals surface area contributed by atoms with Crippen molar-refractivity contribution in [3.05, 3.63) is 51.9 Å². The van der Waals surface area contributed by atoms with E-state index in [4.69, 9.17) is 27.9 Å². The summed E-state index contributed by atoms with van der Waals surface area (Å²) in [7, 11) is 0. The Bertz CT molecular complexity index is 966. The van der Waals surface area contributed by atoms with Gasteiger partial charge in [0.05, 0.1) is 27.8 Å². The third-order valence-electron chi connectivity index (χ3n) is 4.91. The van der Waals surface area contributed by atoms with Crippen molar-refractivity contribution in [1.29, 1.82) is 0 Å². The third-order valence-corrected chi connectivity index (χ3v) is 5.40. The summed E-state index contributed by atoms with van der Waals surface area (Å²) < 4.78 is 19.4. The highest BCUT2D eigenvalue weighted by molar-refractivity contribution is 6.36. The summed E-state index contributed by atoms with van der Waals surface area (Å²) in [6.07, 6.45) is 1.00. The number of amides is 2. The Morgan fingerprint density at radius 3 is 2.48 bits per heavy atom. The number of hydrogen-bond acceptors (Lipinski definition) is 5. The summed E-state index contributed by atoms with van der Waals surface area (Å²) in [5.74, 6) is -0.457. The maximum Gasteiger partial charge on any atom is 0.414 e. The molecule has 4 rings (SSSR count). The number of pyridine rings is 1. The van der Waals surface area contributed by atoms with E-state index in [-0.39, 0.29) is 12.2 Å². The lowest BCUT2D eigenvalue weighted by atomic mass is 10.1. The molecule has 1 aromatic heterocycles. The van der Waals surface area contributed by atoms with Gasteiger partial charge < -0.3 is 14.5 Å². The SMILES string of the molecule is O=C(c1ccc(N2CCOC2=O)cc1F)N1CCN(c2ncc(Cl)cc2Cl)CC1. The van der Waals surface area contributed by atoms with Gasteiger partial charge in [-0.05, 0) is 24.3 Å². The highest BCUT2D eigenvalue weighted by Crippen LogP contribution is 2.27. The van der Waals surface area contributed by atoms with E-state index in [0.717, 1.165) is 0 Å². The molecule has 0 radical (unpaired) electrons. The molecule has 0 spiro atoms. The number of rotatable bonds is 3. The molecule has 0 atom stereocenters. The first-order valence-electron chi connectivity index (χ1n) is 9.03. The van der Waals surface area contributed by atoms with E-state index in [9.17, 15) is 14.0 Å². The van der Waals surface area contributed by atoms with Crippen LogP contribution in [-0.4, -0.2) is 61.2 Å². The predicted octanol–water partition coefficient (Wildman–Crippen LogP) is 3.45. The van der Waals surface area contributed by atoms with Crippen LogP contribution < -0.4 is 9.80 Å². The van der Waals surface area contributed by atoms with E-state index in [1.54, 1.807) is 17.0 Å². The van der Waals surface area contributed by atoms with Gasteiger partial charge in [-0.1, -0.05) is 23.2 Å². The van der Waals surface area contributed by atoms with Gasteiger partial charge >= 0.3 is 6.09 Å². The number of benzene rings is 1. The van der Waals surface area contributed by atoms with Crippen LogP contribution in [0.5, 0.6) is 0 Å². The Kier molecular flexibility index (Phi) is 5.47. The first kappa shape index (κ1) is 19.7. The molecule has 29 heavy (non-hydrogen) atoms. The van der Waals surface area contributed by atoms with Crippen LogP contribution in [0.2, 0.25) is 10.0 Å². The number of aromatic nitrogens is 1. The topological polar surface area (TPSA) is 66.0 Å².